The summed E-state index contributed by atoms with van der Waals surface area (Å²) in [6.07, 6.45) is 4.74. The minimum atomic E-state index is -0.210. The number of hydrogen-bond donors (Lipinski definition) is 1. The van der Waals surface area contributed by atoms with Gasteiger partial charge in [0.15, 0.2) is 0 Å². The first-order valence-electron chi connectivity index (χ1n) is 8.69. The number of nitrogens with one attached hydrogen (secondary N) is 1. The maximum Gasteiger partial charge on any atom is 0.226 e. The van der Waals surface area contributed by atoms with Crippen LogP contribution in [0, 0.1) is 17.7 Å². The van der Waals surface area contributed by atoms with Crippen molar-refractivity contribution in [3.63, 3.8) is 0 Å². The molecule has 2 heterocycles. The van der Waals surface area contributed by atoms with Crippen LogP contribution in [0.4, 0.5) is 4.39 Å². The number of aromatic amines is 1. The lowest BCUT2D eigenvalue weighted by Gasteiger charge is -2.34. The van der Waals surface area contributed by atoms with Crippen LogP contribution in [0.3, 0.4) is 0 Å². The van der Waals surface area contributed by atoms with E-state index in [1.807, 2.05) is 4.90 Å². The van der Waals surface area contributed by atoms with Crippen LogP contribution in [0.15, 0.2) is 18.2 Å². The Labute approximate surface area is 135 Å². The summed E-state index contributed by atoms with van der Waals surface area (Å²) in [5.41, 5.74) is 3.31. The van der Waals surface area contributed by atoms with E-state index in [1.54, 1.807) is 12.1 Å². The van der Waals surface area contributed by atoms with E-state index in [0.717, 1.165) is 67.6 Å². The molecule has 1 aliphatic heterocycles. The molecule has 0 saturated carbocycles. The molecule has 1 saturated heterocycles. The van der Waals surface area contributed by atoms with Crippen molar-refractivity contribution < 1.29 is 9.18 Å². The Hall–Kier alpha value is -1.84. The molecule has 3 nitrogen and oxygen atoms in total. The topological polar surface area (TPSA) is 36.1 Å². The maximum atomic E-state index is 13.6. The summed E-state index contributed by atoms with van der Waals surface area (Å²) in [6.45, 7) is 4.05. The number of piperidine rings is 1. The number of aromatic nitrogens is 1. The molecule has 0 radical (unpaired) electrons. The van der Waals surface area contributed by atoms with Crippen LogP contribution in [0.2, 0.25) is 0 Å². The molecule has 23 heavy (non-hydrogen) atoms. The van der Waals surface area contributed by atoms with Crippen LogP contribution in [0.25, 0.3) is 10.9 Å². The van der Waals surface area contributed by atoms with Gasteiger partial charge in [0.25, 0.3) is 0 Å². The summed E-state index contributed by atoms with van der Waals surface area (Å²) in [5.74, 6) is 0.873. The number of H-pyrrole nitrogens is 1. The number of fused-ring (bicyclic) bond motifs is 3. The van der Waals surface area contributed by atoms with E-state index < -0.39 is 0 Å². The fraction of sp³-hybridized carbons (Fsp3) is 0.526. The summed E-state index contributed by atoms with van der Waals surface area (Å²) < 4.78 is 13.6. The molecule has 4 heteroatoms. The van der Waals surface area contributed by atoms with Crippen LogP contribution in [0.5, 0.6) is 0 Å². The molecule has 1 aliphatic carbocycles. The lowest BCUT2D eigenvalue weighted by atomic mass is 9.85. The van der Waals surface area contributed by atoms with E-state index in [1.165, 1.54) is 11.8 Å². The number of amides is 1. The van der Waals surface area contributed by atoms with E-state index in [-0.39, 0.29) is 11.7 Å². The lowest BCUT2D eigenvalue weighted by molar-refractivity contribution is -0.137. The number of rotatable bonds is 1. The van der Waals surface area contributed by atoms with Crippen molar-refractivity contribution in [1.29, 1.82) is 0 Å². The molecule has 1 unspecified atom stereocenters. The highest BCUT2D eigenvalue weighted by Crippen LogP contribution is 2.33. The van der Waals surface area contributed by atoms with Gasteiger partial charge in [-0.1, -0.05) is 6.92 Å². The molecule has 4 rings (SSSR count). The van der Waals surface area contributed by atoms with E-state index in [9.17, 15) is 9.18 Å². The van der Waals surface area contributed by atoms with Crippen LogP contribution in [0.1, 0.15) is 37.4 Å². The Morgan fingerprint density at radius 3 is 2.83 bits per heavy atom. The van der Waals surface area contributed by atoms with Crippen LogP contribution in [-0.2, 0) is 17.6 Å². The highest BCUT2D eigenvalue weighted by atomic mass is 19.1. The summed E-state index contributed by atoms with van der Waals surface area (Å²) in [7, 11) is 0. The van der Waals surface area contributed by atoms with Gasteiger partial charge in [0.05, 0.1) is 0 Å². The van der Waals surface area contributed by atoms with Crippen molar-refractivity contribution in [2.75, 3.05) is 13.1 Å². The molecule has 1 atom stereocenters. The van der Waals surface area contributed by atoms with Gasteiger partial charge in [0.1, 0.15) is 5.82 Å². The summed E-state index contributed by atoms with van der Waals surface area (Å²) in [6, 6.07) is 4.88. The Bertz CT molecular complexity index is 743. The van der Waals surface area contributed by atoms with Gasteiger partial charge < -0.3 is 9.88 Å². The van der Waals surface area contributed by atoms with Gasteiger partial charge >= 0.3 is 0 Å². The Kier molecular flexibility index (Phi) is 3.63. The molecular formula is C19H23FN2O. The SMILES string of the molecule is CC1CCN(C(=O)C2CCc3[nH]c4ccc(F)cc4c3C2)CC1. The third-order valence-electron chi connectivity index (χ3n) is 5.59. The molecule has 1 N–H and O–H groups in total. The quantitative estimate of drug-likeness (QED) is 0.856. The first kappa shape index (κ1) is 14.7. The van der Waals surface area contributed by atoms with Gasteiger partial charge in [-0.3, -0.25) is 4.79 Å². The molecule has 0 bridgehead atoms. The van der Waals surface area contributed by atoms with Crippen LogP contribution in [-0.4, -0.2) is 28.9 Å². The number of likely N-dealkylation sites (tertiary alicyclic amines) is 1. The summed E-state index contributed by atoms with van der Waals surface area (Å²) in [5, 5.41) is 0.949. The first-order valence-corrected chi connectivity index (χ1v) is 8.69. The highest BCUT2D eigenvalue weighted by molar-refractivity contribution is 5.87. The van der Waals surface area contributed by atoms with E-state index in [0.29, 0.717) is 5.91 Å². The molecule has 1 fully saturated rings. The average molecular weight is 314 g/mol. The predicted octanol–water partition coefficient (Wildman–Crippen LogP) is 3.67. The van der Waals surface area contributed by atoms with Gasteiger partial charge in [0.2, 0.25) is 5.91 Å². The minimum absolute atomic E-state index is 0.0539. The first-order chi connectivity index (χ1) is 11.1. The number of nitrogens with zero attached hydrogens (tertiary/aromatic N) is 1. The number of halogens is 1. The molecule has 0 spiro atoms. The number of hydrogen-bond acceptors (Lipinski definition) is 1. The number of benzene rings is 1. The second-order valence-electron chi connectivity index (χ2n) is 7.22. The van der Waals surface area contributed by atoms with Crippen molar-refractivity contribution in [3.8, 4) is 0 Å². The summed E-state index contributed by atoms with van der Waals surface area (Å²) >= 11 is 0. The largest absolute Gasteiger partial charge is 0.358 e. The van der Waals surface area contributed by atoms with Gasteiger partial charge in [0, 0.05) is 35.6 Å². The molecule has 1 aromatic heterocycles. The van der Waals surface area contributed by atoms with Crippen molar-refractivity contribution in [3.05, 3.63) is 35.3 Å². The molecule has 1 amide bonds. The van der Waals surface area contributed by atoms with Gasteiger partial charge in [-0.25, -0.2) is 4.39 Å². The fourth-order valence-electron chi connectivity index (χ4n) is 4.09. The highest BCUT2D eigenvalue weighted by Gasteiger charge is 2.31. The third-order valence-corrected chi connectivity index (χ3v) is 5.59. The number of carbonyl (C=O) groups excluding carboxylic acids is 1. The number of aryl methyl sites for hydroxylation is 1. The normalized spacial score (nSPS) is 22.3. The monoisotopic (exact) mass is 314 g/mol. The van der Waals surface area contributed by atoms with Gasteiger partial charge in [-0.05, 0) is 61.8 Å². The zero-order valence-corrected chi connectivity index (χ0v) is 13.6. The second kappa shape index (κ2) is 5.66. The maximum absolute atomic E-state index is 13.6. The molecular weight excluding hydrogens is 291 g/mol. The fourth-order valence-corrected chi connectivity index (χ4v) is 4.09. The molecule has 2 aliphatic rings. The van der Waals surface area contributed by atoms with E-state index in [4.69, 9.17) is 0 Å². The van der Waals surface area contributed by atoms with Crippen molar-refractivity contribution in [2.24, 2.45) is 11.8 Å². The van der Waals surface area contributed by atoms with E-state index >= 15 is 0 Å². The van der Waals surface area contributed by atoms with Crippen molar-refractivity contribution in [1.82, 2.24) is 9.88 Å². The summed E-state index contributed by atoms with van der Waals surface area (Å²) in [4.78, 5) is 18.3. The minimum Gasteiger partial charge on any atom is -0.358 e. The molecule has 1 aromatic carbocycles. The van der Waals surface area contributed by atoms with Crippen molar-refractivity contribution in [2.45, 2.75) is 39.0 Å². The van der Waals surface area contributed by atoms with Crippen LogP contribution < -0.4 is 0 Å². The molecule has 122 valence electrons. The van der Waals surface area contributed by atoms with Gasteiger partial charge in [-0.2, -0.15) is 0 Å². The van der Waals surface area contributed by atoms with Crippen LogP contribution >= 0.6 is 0 Å². The Balaban J connectivity index is 1.57. The Morgan fingerprint density at radius 1 is 1.26 bits per heavy atom. The zero-order chi connectivity index (χ0) is 16.0. The van der Waals surface area contributed by atoms with Crippen molar-refractivity contribution >= 4 is 16.8 Å². The second-order valence-corrected chi connectivity index (χ2v) is 7.22. The predicted molar refractivity (Wildman–Crippen MR) is 88.7 cm³/mol. The smallest absolute Gasteiger partial charge is 0.226 e. The standard InChI is InChI=1S/C19H23FN2O/c1-12-6-8-22(9-7-12)19(23)13-2-4-17-15(10-13)16-11-14(20)3-5-18(16)21-17/h3,5,11-13,21H,2,4,6-10H2,1H3. The van der Waals surface area contributed by atoms with E-state index in [2.05, 4.69) is 11.9 Å². The van der Waals surface area contributed by atoms with Gasteiger partial charge in [-0.15, -0.1) is 0 Å². The number of carbonyl (C=O) groups is 1. The average Bonchev–Trinajstić information content (AvgIpc) is 2.92. The lowest BCUT2D eigenvalue weighted by Crippen LogP contribution is -2.42. The Morgan fingerprint density at radius 2 is 2.04 bits per heavy atom. The third kappa shape index (κ3) is 2.64. The zero-order valence-electron chi connectivity index (χ0n) is 13.6. The molecule has 2 aromatic rings.